The number of ether oxygens (including phenoxy) is 2. The van der Waals surface area contributed by atoms with E-state index in [1.165, 1.54) is 22.5 Å². The molecule has 5 rings (SSSR count). The number of anilines is 1. The van der Waals surface area contributed by atoms with Crippen LogP contribution in [0.3, 0.4) is 0 Å². The molecular weight excluding hydrogens is 546 g/mol. The largest absolute Gasteiger partial charge is 0.496 e. The number of rotatable bonds is 9. The van der Waals surface area contributed by atoms with Crippen molar-refractivity contribution in [1.82, 2.24) is 10.3 Å². The molecule has 0 aliphatic heterocycles. The summed E-state index contributed by atoms with van der Waals surface area (Å²) < 4.78 is 10.7. The van der Waals surface area contributed by atoms with Gasteiger partial charge in [-0.1, -0.05) is 35.6 Å². The molecule has 0 saturated heterocycles. The first-order valence-electron chi connectivity index (χ1n) is 15.1. The van der Waals surface area contributed by atoms with Gasteiger partial charge in [0.15, 0.2) is 0 Å². The number of carbonyl (C=O) groups is 2. The first kappa shape index (κ1) is 30.1. The fourth-order valence-electron chi connectivity index (χ4n) is 7.07. The SMILES string of the molecule is CNC(=O)C1CCC(CC2CCC(c3ccc(OC)c(C)c3)CC2)(C(=O)Nc2cccc(-c3cnc(OC)s3)c2)CC1. The molecule has 2 aliphatic rings. The summed E-state index contributed by atoms with van der Waals surface area (Å²) in [7, 11) is 5.03. The quantitative estimate of drug-likeness (QED) is 0.272. The van der Waals surface area contributed by atoms with E-state index < -0.39 is 5.41 Å². The molecule has 224 valence electrons. The third-order valence-corrected chi connectivity index (χ3v) is 10.5. The molecule has 3 aromatic rings. The van der Waals surface area contributed by atoms with Crippen molar-refractivity contribution in [3.8, 4) is 21.4 Å². The first-order chi connectivity index (χ1) is 20.3. The average Bonchev–Trinajstić information content (AvgIpc) is 3.51. The topological polar surface area (TPSA) is 89.5 Å². The zero-order valence-corrected chi connectivity index (χ0v) is 26.0. The first-order valence-corrected chi connectivity index (χ1v) is 15.9. The van der Waals surface area contributed by atoms with Gasteiger partial charge in [0.1, 0.15) is 5.75 Å². The standard InChI is InChI=1S/C34H43N3O4S/c1-22-18-26(12-13-29(22)40-3)24-10-8-23(9-11-24)20-34(16-14-25(15-17-34)31(38)35-2)32(39)37-28-7-5-6-27(19-28)30-21-36-33(41-4)42-30/h5-7,12-13,18-19,21,23-25H,8-11,14-17,20H2,1-4H3,(H,35,38)(H,37,39). The van der Waals surface area contributed by atoms with Crippen molar-refractivity contribution in [3.05, 3.63) is 59.8 Å². The lowest BCUT2D eigenvalue weighted by molar-refractivity contribution is -0.133. The molecule has 42 heavy (non-hydrogen) atoms. The summed E-state index contributed by atoms with van der Waals surface area (Å²) >= 11 is 1.48. The maximum atomic E-state index is 14.1. The van der Waals surface area contributed by atoms with Crippen molar-refractivity contribution in [1.29, 1.82) is 0 Å². The zero-order valence-electron chi connectivity index (χ0n) is 25.2. The molecule has 1 heterocycles. The molecule has 0 bridgehead atoms. The van der Waals surface area contributed by atoms with Crippen molar-refractivity contribution in [3.63, 3.8) is 0 Å². The highest BCUT2D eigenvalue weighted by Gasteiger charge is 2.45. The van der Waals surface area contributed by atoms with E-state index in [2.05, 4.69) is 40.7 Å². The molecule has 2 fully saturated rings. The molecule has 7 nitrogen and oxygen atoms in total. The molecule has 0 spiro atoms. The summed E-state index contributed by atoms with van der Waals surface area (Å²) in [5, 5.41) is 6.71. The van der Waals surface area contributed by atoms with Gasteiger partial charge in [0.2, 0.25) is 11.8 Å². The van der Waals surface area contributed by atoms with E-state index in [0.717, 1.165) is 79.7 Å². The van der Waals surface area contributed by atoms with Gasteiger partial charge in [0.25, 0.3) is 5.19 Å². The van der Waals surface area contributed by atoms with Crippen molar-refractivity contribution in [2.24, 2.45) is 17.3 Å². The third-order valence-electron chi connectivity index (χ3n) is 9.52. The van der Waals surface area contributed by atoms with E-state index in [0.29, 0.717) is 17.0 Å². The van der Waals surface area contributed by atoms with Crippen LogP contribution in [0.1, 0.15) is 74.8 Å². The fraction of sp³-hybridized carbons (Fsp3) is 0.500. The number of hydrogen-bond acceptors (Lipinski definition) is 6. The maximum Gasteiger partial charge on any atom is 0.273 e. The summed E-state index contributed by atoms with van der Waals surface area (Å²) in [6.07, 6.45) is 10.1. The van der Waals surface area contributed by atoms with Crippen LogP contribution in [0.25, 0.3) is 10.4 Å². The molecule has 2 aromatic carbocycles. The highest BCUT2D eigenvalue weighted by atomic mass is 32.1. The molecule has 1 aromatic heterocycles. The number of amides is 2. The summed E-state index contributed by atoms with van der Waals surface area (Å²) in [6.45, 7) is 2.11. The summed E-state index contributed by atoms with van der Waals surface area (Å²) in [6, 6.07) is 14.5. The lowest BCUT2D eigenvalue weighted by Gasteiger charge is -2.42. The lowest BCUT2D eigenvalue weighted by atomic mass is 9.63. The van der Waals surface area contributed by atoms with Gasteiger partial charge in [-0.15, -0.1) is 0 Å². The van der Waals surface area contributed by atoms with Gasteiger partial charge in [-0.05, 0) is 111 Å². The van der Waals surface area contributed by atoms with Crippen LogP contribution in [0.5, 0.6) is 10.9 Å². The molecular formula is C34H43N3O4S. The Hall–Kier alpha value is -3.39. The van der Waals surface area contributed by atoms with E-state index in [1.54, 1.807) is 27.5 Å². The smallest absolute Gasteiger partial charge is 0.273 e. The summed E-state index contributed by atoms with van der Waals surface area (Å²) in [4.78, 5) is 31.8. The number of aromatic nitrogens is 1. The number of hydrogen-bond donors (Lipinski definition) is 2. The minimum atomic E-state index is -0.470. The minimum Gasteiger partial charge on any atom is -0.496 e. The maximum absolute atomic E-state index is 14.1. The van der Waals surface area contributed by atoms with E-state index in [-0.39, 0.29) is 17.7 Å². The minimum absolute atomic E-state index is 0.0189. The van der Waals surface area contributed by atoms with Crippen LogP contribution in [0.2, 0.25) is 0 Å². The molecule has 8 heteroatoms. The Morgan fingerprint density at radius 2 is 1.76 bits per heavy atom. The number of thiazole rings is 1. The Balaban J connectivity index is 1.29. The molecule has 2 N–H and O–H groups in total. The van der Waals surface area contributed by atoms with Gasteiger partial charge in [0, 0.05) is 30.3 Å². The Morgan fingerprint density at radius 1 is 1.00 bits per heavy atom. The van der Waals surface area contributed by atoms with Gasteiger partial charge in [-0.25, -0.2) is 4.98 Å². The molecule has 2 aliphatic carbocycles. The summed E-state index contributed by atoms with van der Waals surface area (Å²) in [5.74, 6) is 2.14. The van der Waals surface area contributed by atoms with Crippen LogP contribution in [-0.2, 0) is 9.59 Å². The number of methoxy groups -OCH3 is 2. The van der Waals surface area contributed by atoms with E-state index in [1.807, 2.05) is 24.3 Å². The number of nitrogens with zero attached hydrogens (tertiary/aromatic N) is 1. The van der Waals surface area contributed by atoms with Crippen LogP contribution >= 0.6 is 11.3 Å². The van der Waals surface area contributed by atoms with Gasteiger partial charge in [-0.2, -0.15) is 0 Å². The van der Waals surface area contributed by atoms with Gasteiger partial charge < -0.3 is 20.1 Å². The van der Waals surface area contributed by atoms with Crippen LogP contribution < -0.4 is 20.1 Å². The van der Waals surface area contributed by atoms with Crippen LogP contribution in [-0.4, -0.2) is 38.1 Å². The van der Waals surface area contributed by atoms with Crippen molar-refractivity contribution < 1.29 is 19.1 Å². The van der Waals surface area contributed by atoms with Crippen LogP contribution in [0.4, 0.5) is 5.69 Å². The van der Waals surface area contributed by atoms with E-state index >= 15 is 0 Å². The van der Waals surface area contributed by atoms with Crippen LogP contribution in [0, 0.1) is 24.2 Å². The van der Waals surface area contributed by atoms with E-state index in [9.17, 15) is 9.59 Å². The van der Waals surface area contributed by atoms with Gasteiger partial charge in [-0.3, -0.25) is 9.59 Å². The number of benzene rings is 2. The second kappa shape index (κ2) is 13.3. The predicted molar refractivity (Wildman–Crippen MR) is 168 cm³/mol. The second-order valence-electron chi connectivity index (χ2n) is 12.0. The normalized spacial score (nSPS) is 24.0. The lowest BCUT2D eigenvalue weighted by Crippen LogP contribution is -2.43. The molecule has 0 atom stereocenters. The number of carbonyl (C=O) groups excluding carboxylic acids is 2. The average molecular weight is 590 g/mol. The molecule has 2 saturated carbocycles. The van der Waals surface area contributed by atoms with Gasteiger partial charge in [0.05, 0.1) is 19.1 Å². The molecule has 0 radical (unpaired) electrons. The molecule has 2 amide bonds. The Labute approximate surface area is 253 Å². The van der Waals surface area contributed by atoms with Gasteiger partial charge >= 0.3 is 0 Å². The van der Waals surface area contributed by atoms with Crippen LogP contribution in [0.15, 0.2) is 48.7 Å². The van der Waals surface area contributed by atoms with Crippen molar-refractivity contribution in [2.45, 2.75) is 70.6 Å². The second-order valence-corrected chi connectivity index (χ2v) is 13.0. The predicted octanol–water partition coefficient (Wildman–Crippen LogP) is 7.36. The monoisotopic (exact) mass is 589 g/mol. The third kappa shape index (κ3) is 6.64. The summed E-state index contributed by atoms with van der Waals surface area (Å²) in [5.41, 5.74) is 3.89. The highest BCUT2D eigenvalue weighted by Crippen LogP contribution is 2.48. The number of nitrogens with one attached hydrogen (secondary N) is 2. The van der Waals surface area contributed by atoms with E-state index in [4.69, 9.17) is 9.47 Å². The van der Waals surface area contributed by atoms with Crippen molar-refractivity contribution in [2.75, 3.05) is 26.6 Å². The van der Waals surface area contributed by atoms with Crippen molar-refractivity contribution >= 4 is 28.8 Å². The Morgan fingerprint density at radius 3 is 2.40 bits per heavy atom. The number of aryl methyl sites for hydroxylation is 1. The zero-order chi connectivity index (χ0) is 29.7. The highest BCUT2D eigenvalue weighted by molar-refractivity contribution is 7.16. The Bertz CT molecular complexity index is 1390. The Kier molecular flexibility index (Phi) is 9.51. The molecule has 0 unspecified atom stereocenters. The fourth-order valence-corrected chi connectivity index (χ4v) is 7.80.